The summed E-state index contributed by atoms with van der Waals surface area (Å²) in [4.78, 5) is 17.2. The van der Waals surface area contributed by atoms with E-state index in [0.717, 1.165) is 19.4 Å². The van der Waals surface area contributed by atoms with Gasteiger partial charge < -0.3 is 15.3 Å². The Kier molecular flexibility index (Phi) is 4.50. The lowest BCUT2D eigenvalue weighted by molar-refractivity contribution is 0.0696. The summed E-state index contributed by atoms with van der Waals surface area (Å²) in [5, 5.41) is 12.5. The van der Waals surface area contributed by atoms with Crippen LogP contribution < -0.4 is 5.32 Å². The van der Waals surface area contributed by atoms with Crippen molar-refractivity contribution in [3.05, 3.63) is 22.8 Å². The highest BCUT2D eigenvalue weighted by molar-refractivity contribution is 6.33. The van der Waals surface area contributed by atoms with Gasteiger partial charge in [0.2, 0.25) is 0 Å². The van der Waals surface area contributed by atoms with E-state index in [4.69, 9.17) is 16.7 Å². The highest BCUT2D eigenvalue weighted by atomic mass is 35.5. The monoisotopic (exact) mass is 297 g/mol. The molecule has 2 rings (SSSR count). The first-order valence-electron chi connectivity index (χ1n) is 6.75. The minimum absolute atomic E-state index is 0.101. The Bertz CT molecular complexity index is 499. The average Bonchev–Trinajstić information content (AvgIpc) is 2.87. The van der Waals surface area contributed by atoms with Gasteiger partial charge in [-0.15, -0.1) is 0 Å². The molecular weight excluding hydrogens is 278 g/mol. The minimum Gasteiger partial charge on any atom is -0.478 e. The van der Waals surface area contributed by atoms with Crippen LogP contribution in [-0.4, -0.2) is 47.1 Å². The van der Waals surface area contributed by atoms with Crippen molar-refractivity contribution in [2.45, 2.75) is 31.2 Å². The van der Waals surface area contributed by atoms with Gasteiger partial charge in [0.25, 0.3) is 0 Å². The molecule has 0 unspecified atom stereocenters. The van der Waals surface area contributed by atoms with E-state index in [1.807, 2.05) is 0 Å². The van der Waals surface area contributed by atoms with Crippen LogP contribution in [0, 0.1) is 0 Å². The van der Waals surface area contributed by atoms with Gasteiger partial charge in [0, 0.05) is 18.3 Å². The van der Waals surface area contributed by atoms with Gasteiger partial charge in [0.15, 0.2) is 0 Å². The van der Waals surface area contributed by atoms with Crippen molar-refractivity contribution in [3.63, 3.8) is 0 Å². The Labute approximate surface area is 123 Å². The van der Waals surface area contributed by atoms with Crippen LogP contribution in [0.25, 0.3) is 0 Å². The molecule has 1 aliphatic rings. The molecule has 0 amide bonds. The number of carboxylic acid groups (broad SMARTS) is 1. The average molecular weight is 298 g/mol. The molecule has 1 saturated carbocycles. The van der Waals surface area contributed by atoms with Crippen LogP contribution >= 0.6 is 11.6 Å². The summed E-state index contributed by atoms with van der Waals surface area (Å²) in [5.74, 6) is -0.476. The van der Waals surface area contributed by atoms with Gasteiger partial charge in [-0.2, -0.15) is 0 Å². The van der Waals surface area contributed by atoms with Crippen molar-refractivity contribution in [2.75, 3.05) is 26.0 Å². The summed E-state index contributed by atoms with van der Waals surface area (Å²) in [5.41, 5.74) is 0.236. The highest BCUT2D eigenvalue weighted by Gasteiger charge is 2.35. The lowest BCUT2D eigenvalue weighted by Crippen LogP contribution is -2.47. The number of halogens is 1. The van der Waals surface area contributed by atoms with Gasteiger partial charge in [-0.1, -0.05) is 24.4 Å². The first-order valence-corrected chi connectivity index (χ1v) is 7.12. The second kappa shape index (κ2) is 5.97. The molecule has 6 heteroatoms. The molecule has 1 fully saturated rings. The molecule has 0 aliphatic heterocycles. The van der Waals surface area contributed by atoms with Crippen LogP contribution in [0.5, 0.6) is 0 Å². The molecule has 110 valence electrons. The van der Waals surface area contributed by atoms with Crippen molar-refractivity contribution in [2.24, 2.45) is 0 Å². The summed E-state index contributed by atoms with van der Waals surface area (Å²) >= 11 is 6.08. The molecule has 2 N–H and O–H groups in total. The van der Waals surface area contributed by atoms with Crippen molar-refractivity contribution in [1.82, 2.24) is 9.88 Å². The zero-order valence-corrected chi connectivity index (χ0v) is 12.6. The SMILES string of the molecule is CN(C)C1(CNc2ncc(C(=O)O)cc2Cl)CCCC1. The molecule has 0 atom stereocenters. The number of nitrogens with zero attached hydrogens (tertiary/aromatic N) is 2. The second-order valence-corrected chi connectivity index (χ2v) is 5.95. The molecular formula is C14H20ClN3O2. The Morgan fingerprint density at radius 2 is 2.15 bits per heavy atom. The van der Waals surface area contributed by atoms with E-state index >= 15 is 0 Å². The molecule has 5 nitrogen and oxygen atoms in total. The Hall–Kier alpha value is -1.33. The normalized spacial score (nSPS) is 17.4. The third-order valence-corrected chi connectivity index (χ3v) is 4.44. The fourth-order valence-electron chi connectivity index (χ4n) is 2.75. The fourth-order valence-corrected chi connectivity index (χ4v) is 2.98. The van der Waals surface area contributed by atoms with Gasteiger partial charge in [0.1, 0.15) is 5.82 Å². The zero-order valence-electron chi connectivity index (χ0n) is 11.8. The lowest BCUT2D eigenvalue weighted by atomic mass is 9.96. The molecule has 1 aliphatic carbocycles. The molecule has 0 bridgehead atoms. The van der Waals surface area contributed by atoms with E-state index < -0.39 is 5.97 Å². The fraction of sp³-hybridized carbons (Fsp3) is 0.571. The zero-order chi connectivity index (χ0) is 14.8. The van der Waals surface area contributed by atoms with Crippen molar-refractivity contribution in [1.29, 1.82) is 0 Å². The van der Waals surface area contributed by atoms with Crippen LogP contribution in [0.2, 0.25) is 5.02 Å². The number of carboxylic acids is 1. The molecule has 0 spiro atoms. The number of carbonyl (C=O) groups is 1. The van der Waals surface area contributed by atoms with Crippen LogP contribution in [0.15, 0.2) is 12.3 Å². The lowest BCUT2D eigenvalue weighted by Gasteiger charge is -2.36. The van der Waals surface area contributed by atoms with Crippen molar-refractivity contribution >= 4 is 23.4 Å². The van der Waals surface area contributed by atoms with Gasteiger partial charge >= 0.3 is 5.97 Å². The maximum absolute atomic E-state index is 10.8. The van der Waals surface area contributed by atoms with Crippen molar-refractivity contribution < 1.29 is 9.90 Å². The summed E-state index contributed by atoms with van der Waals surface area (Å²) in [6.45, 7) is 0.763. The van der Waals surface area contributed by atoms with Crippen LogP contribution in [0.1, 0.15) is 36.0 Å². The molecule has 1 aromatic heterocycles. The Morgan fingerprint density at radius 3 is 2.65 bits per heavy atom. The van der Waals surface area contributed by atoms with Gasteiger partial charge in [0.05, 0.1) is 10.6 Å². The number of hydrogen-bond donors (Lipinski definition) is 2. The Morgan fingerprint density at radius 1 is 1.50 bits per heavy atom. The predicted molar refractivity (Wildman–Crippen MR) is 79.6 cm³/mol. The highest BCUT2D eigenvalue weighted by Crippen LogP contribution is 2.34. The number of aromatic nitrogens is 1. The van der Waals surface area contributed by atoms with E-state index in [1.54, 1.807) is 0 Å². The number of nitrogens with one attached hydrogen (secondary N) is 1. The second-order valence-electron chi connectivity index (χ2n) is 5.54. The third kappa shape index (κ3) is 3.04. The molecule has 20 heavy (non-hydrogen) atoms. The smallest absolute Gasteiger partial charge is 0.337 e. The Balaban J connectivity index is 2.09. The van der Waals surface area contributed by atoms with Crippen molar-refractivity contribution in [3.8, 4) is 0 Å². The van der Waals surface area contributed by atoms with Gasteiger partial charge in [-0.05, 0) is 33.0 Å². The standard InChI is InChI=1S/C14H20ClN3O2/c1-18(2)14(5-3-4-6-14)9-17-12-11(15)7-10(8-16-12)13(19)20/h7-8H,3-6,9H2,1-2H3,(H,16,17)(H,19,20). The number of hydrogen-bond acceptors (Lipinski definition) is 4. The first-order chi connectivity index (χ1) is 9.44. The number of anilines is 1. The van der Waals surface area contributed by atoms with E-state index in [0.29, 0.717) is 10.8 Å². The van der Waals surface area contributed by atoms with E-state index in [2.05, 4.69) is 29.3 Å². The van der Waals surface area contributed by atoms with E-state index in [-0.39, 0.29) is 11.1 Å². The number of aromatic carboxylic acids is 1. The molecule has 0 aromatic carbocycles. The van der Waals surface area contributed by atoms with E-state index in [1.165, 1.54) is 25.1 Å². The summed E-state index contributed by atoms with van der Waals surface area (Å²) < 4.78 is 0. The van der Waals surface area contributed by atoms with Crippen LogP contribution in [0.4, 0.5) is 5.82 Å². The minimum atomic E-state index is -1.02. The number of likely N-dealkylation sites (N-methyl/N-ethyl adjacent to an activating group) is 1. The number of rotatable bonds is 5. The maximum atomic E-state index is 10.8. The summed E-state index contributed by atoms with van der Waals surface area (Å²) in [7, 11) is 4.19. The van der Waals surface area contributed by atoms with E-state index in [9.17, 15) is 4.79 Å². The predicted octanol–water partition coefficient (Wildman–Crippen LogP) is 2.72. The maximum Gasteiger partial charge on any atom is 0.337 e. The quantitative estimate of drug-likeness (QED) is 0.875. The first kappa shape index (κ1) is 15.1. The largest absolute Gasteiger partial charge is 0.478 e. The third-order valence-electron chi connectivity index (χ3n) is 4.16. The van der Waals surface area contributed by atoms with Gasteiger partial charge in [-0.25, -0.2) is 9.78 Å². The van der Waals surface area contributed by atoms with Gasteiger partial charge in [-0.3, -0.25) is 0 Å². The molecule has 0 radical (unpaired) electrons. The van der Waals surface area contributed by atoms with Crippen LogP contribution in [-0.2, 0) is 0 Å². The van der Waals surface area contributed by atoms with Crippen LogP contribution in [0.3, 0.4) is 0 Å². The molecule has 1 aromatic rings. The summed E-state index contributed by atoms with van der Waals surface area (Å²) in [6, 6.07) is 1.43. The number of pyridine rings is 1. The summed E-state index contributed by atoms with van der Waals surface area (Å²) in [6.07, 6.45) is 6.10. The topological polar surface area (TPSA) is 65.5 Å². The molecule has 1 heterocycles. The molecule has 0 saturated heterocycles.